The fourth-order valence-electron chi connectivity index (χ4n) is 2.20. The molecule has 0 aromatic heterocycles. The lowest BCUT2D eigenvalue weighted by Crippen LogP contribution is -2.22. The van der Waals surface area contributed by atoms with Crippen LogP contribution >= 0.6 is 0 Å². The molecule has 0 rings (SSSR count). The van der Waals surface area contributed by atoms with E-state index in [4.69, 9.17) is 24.1 Å². The van der Waals surface area contributed by atoms with Crippen LogP contribution in [-0.4, -0.2) is 63.1 Å². The van der Waals surface area contributed by atoms with Crippen LogP contribution in [0.1, 0.15) is 59.8 Å². The first kappa shape index (κ1) is 22.8. The first-order valence-corrected chi connectivity index (χ1v) is 9.16. The molecule has 0 heterocycles. The van der Waals surface area contributed by atoms with Gasteiger partial charge in [0.1, 0.15) is 0 Å². The van der Waals surface area contributed by atoms with Crippen molar-refractivity contribution in [1.29, 1.82) is 0 Å². The van der Waals surface area contributed by atoms with E-state index in [2.05, 4.69) is 13.8 Å². The van der Waals surface area contributed by atoms with E-state index in [1.54, 1.807) is 6.92 Å². The zero-order valence-electron chi connectivity index (χ0n) is 15.6. The van der Waals surface area contributed by atoms with Gasteiger partial charge in [0.2, 0.25) is 0 Å². The summed E-state index contributed by atoms with van der Waals surface area (Å²) in [5, 5.41) is 9.05. The van der Waals surface area contributed by atoms with E-state index in [0.29, 0.717) is 45.7 Å². The first-order valence-electron chi connectivity index (χ1n) is 9.16. The maximum absolute atomic E-state index is 9.05. The summed E-state index contributed by atoms with van der Waals surface area (Å²) >= 11 is 0. The van der Waals surface area contributed by atoms with Crippen LogP contribution in [0.5, 0.6) is 0 Å². The van der Waals surface area contributed by atoms with Crippen LogP contribution in [-0.2, 0) is 18.9 Å². The van der Waals surface area contributed by atoms with E-state index in [9.17, 15) is 0 Å². The van der Waals surface area contributed by atoms with Gasteiger partial charge in [-0.15, -0.1) is 0 Å². The third kappa shape index (κ3) is 16.4. The van der Waals surface area contributed by atoms with Crippen LogP contribution in [0.25, 0.3) is 0 Å². The Morgan fingerprint density at radius 1 is 0.783 bits per heavy atom. The monoisotopic (exact) mass is 334 g/mol. The molecule has 0 aromatic carbocycles. The van der Waals surface area contributed by atoms with Crippen LogP contribution in [0.3, 0.4) is 0 Å². The minimum absolute atomic E-state index is 0.0386. The summed E-state index contributed by atoms with van der Waals surface area (Å²) < 4.78 is 22.3. The first-order chi connectivity index (χ1) is 11.1. The van der Waals surface area contributed by atoms with E-state index in [1.807, 2.05) is 6.92 Å². The molecule has 0 saturated carbocycles. The van der Waals surface area contributed by atoms with E-state index in [0.717, 1.165) is 19.3 Å². The van der Waals surface area contributed by atoms with Gasteiger partial charge in [0.15, 0.2) is 0 Å². The maximum atomic E-state index is 9.05. The lowest BCUT2D eigenvalue weighted by Gasteiger charge is -2.18. The number of hydrogen-bond acceptors (Lipinski definition) is 5. The second-order valence-electron chi connectivity index (χ2n) is 6.10. The molecular weight excluding hydrogens is 296 g/mol. The summed E-state index contributed by atoms with van der Waals surface area (Å²) in [6, 6.07) is 0. The van der Waals surface area contributed by atoms with E-state index < -0.39 is 6.10 Å². The normalized spacial score (nSPS) is 15.5. The van der Waals surface area contributed by atoms with E-state index in [1.165, 1.54) is 12.8 Å². The molecule has 0 spiro atoms. The fraction of sp³-hybridized carbons (Fsp3) is 1.00. The predicted octanol–water partition coefficient (Wildman–Crippen LogP) is 3.18. The molecule has 0 aliphatic rings. The minimum atomic E-state index is -0.426. The Balaban J connectivity index is 3.47. The van der Waals surface area contributed by atoms with Gasteiger partial charge in [-0.2, -0.15) is 0 Å². The third-order valence-corrected chi connectivity index (χ3v) is 3.41. The van der Waals surface area contributed by atoms with E-state index >= 15 is 0 Å². The summed E-state index contributed by atoms with van der Waals surface area (Å²) in [5.41, 5.74) is 0. The molecule has 5 nitrogen and oxygen atoms in total. The molecule has 0 aliphatic heterocycles. The Bertz CT molecular complexity index is 235. The predicted molar refractivity (Wildman–Crippen MR) is 92.9 cm³/mol. The topological polar surface area (TPSA) is 57.2 Å². The number of rotatable bonds is 17. The van der Waals surface area contributed by atoms with Crippen LogP contribution < -0.4 is 0 Å². The molecule has 3 atom stereocenters. The summed E-state index contributed by atoms with van der Waals surface area (Å²) in [6.45, 7) is 11.3. The van der Waals surface area contributed by atoms with Gasteiger partial charge < -0.3 is 24.1 Å². The molecule has 0 bridgehead atoms. The summed E-state index contributed by atoms with van der Waals surface area (Å²) in [6.07, 6.45) is 5.88. The Labute approximate surface area is 142 Å². The van der Waals surface area contributed by atoms with Gasteiger partial charge in [0, 0.05) is 0 Å². The molecule has 0 aromatic rings. The van der Waals surface area contributed by atoms with Gasteiger partial charge in [0.05, 0.1) is 58.0 Å². The number of aliphatic hydroxyl groups excluding tert-OH is 1. The molecule has 0 amide bonds. The maximum Gasteiger partial charge on any atom is 0.0781 e. The summed E-state index contributed by atoms with van der Waals surface area (Å²) in [5.74, 6) is 0. The molecule has 0 radical (unpaired) electrons. The second kappa shape index (κ2) is 16.7. The number of ether oxygens (including phenoxy) is 4. The molecule has 1 N–H and O–H groups in total. The molecular formula is C18H38O5. The van der Waals surface area contributed by atoms with Gasteiger partial charge >= 0.3 is 0 Å². The third-order valence-electron chi connectivity index (χ3n) is 3.41. The van der Waals surface area contributed by atoms with Gasteiger partial charge in [-0.25, -0.2) is 0 Å². The van der Waals surface area contributed by atoms with Gasteiger partial charge in [-0.1, -0.05) is 33.1 Å². The minimum Gasteiger partial charge on any atom is -0.391 e. The molecule has 0 fully saturated rings. The standard InChI is InChI=1S/C18H38O5/c1-5-7-9-18(8-6-2)23-13-11-21-15-17(4)22-12-10-20-14-16(3)19/h16-19H,5-15H2,1-4H3. The van der Waals surface area contributed by atoms with Crippen molar-refractivity contribution in [3.05, 3.63) is 0 Å². The van der Waals surface area contributed by atoms with Crippen LogP contribution in [0.2, 0.25) is 0 Å². The average Bonchev–Trinajstić information content (AvgIpc) is 2.51. The van der Waals surface area contributed by atoms with Crippen molar-refractivity contribution < 1.29 is 24.1 Å². The fourth-order valence-corrected chi connectivity index (χ4v) is 2.20. The van der Waals surface area contributed by atoms with Crippen LogP contribution in [0.4, 0.5) is 0 Å². The molecule has 3 unspecified atom stereocenters. The molecule has 5 heteroatoms. The highest BCUT2D eigenvalue weighted by molar-refractivity contribution is 4.57. The average molecular weight is 334 g/mol. The van der Waals surface area contributed by atoms with Gasteiger partial charge in [0.25, 0.3) is 0 Å². The molecule has 23 heavy (non-hydrogen) atoms. The quantitative estimate of drug-likeness (QED) is 0.414. The van der Waals surface area contributed by atoms with Crippen molar-refractivity contribution in [2.24, 2.45) is 0 Å². The Kier molecular flexibility index (Phi) is 16.5. The number of hydrogen-bond donors (Lipinski definition) is 1. The SMILES string of the molecule is CCCCC(CCC)OCCOCC(C)OCCOCC(C)O. The molecule has 0 saturated heterocycles. The molecule has 140 valence electrons. The smallest absolute Gasteiger partial charge is 0.0781 e. The zero-order valence-corrected chi connectivity index (χ0v) is 15.6. The van der Waals surface area contributed by atoms with Crippen molar-refractivity contribution in [3.8, 4) is 0 Å². The van der Waals surface area contributed by atoms with Crippen LogP contribution in [0.15, 0.2) is 0 Å². The highest BCUT2D eigenvalue weighted by Gasteiger charge is 2.08. The summed E-state index contributed by atoms with van der Waals surface area (Å²) in [4.78, 5) is 0. The van der Waals surface area contributed by atoms with Gasteiger partial charge in [-0.05, 0) is 26.7 Å². The van der Waals surface area contributed by atoms with Crippen molar-refractivity contribution in [2.45, 2.75) is 78.1 Å². The van der Waals surface area contributed by atoms with Crippen molar-refractivity contribution in [3.63, 3.8) is 0 Å². The highest BCUT2D eigenvalue weighted by atomic mass is 16.6. The Morgan fingerprint density at radius 2 is 1.43 bits per heavy atom. The van der Waals surface area contributed by atoms with E-state index in [-0.39, 0.29) is 6.10 Å². The summed E-state index contributed by atoms with van der Waals surface area (Å²) in [7, 11) is 0. The highest BCUT2D eigenvalue weighted by Crippen LogP contribution is 2.10. The zero-order chi connectivity index (χ0) is 17.3. The van der Waals surface area contributed by atoms with Crippen molar-refractivity contribution in [2.75, 3.05) is 39.6 Å². The van der Waals surface area contributed by atoms with Crippen LogP contribution in [0, 0.1) is 0 Å². The largest absolute Gasteiger partial charge is 0.391 e. The molecule has 0 aliphatic carbocycles. The van der Waals surface area contributed by atoms with Crippen molar-refractivity contribution in [1.82, 2.24) is 0 Å². The number of aliphatic hydroxyl groups is 1. The van der Waals surface area contributed by atoms with Crippen molar-refractivity contribution >= 4 is 0 Å². The Morgan fingerprint density at radius 3 is 2.04 bits per heavy atom. The lowest BCUT2D eigenvalue weighted by atomic mass is 10.1. The second-order valence-corrected chi connectivity index (χ2v) is 6.10. The lowest BCUT2D eigenvalue weighted by molar-refractivity contribution is -0.0542. The van der Waals surface area contributed by atoms with Gasteiger partial charge in [-0.3, -0.25) is 0 Å². The Hall–Kier alpha value is -0.200. The number of unbranched alkanes of at least 4 members (excludes halogenated alkanes) is 1.